The molecule has 0 amide bonds. The van der Waals surface area contributed by atoms with Crippen molar-refractivity contribution in [1.29, 1.82) is 0 Å². The Kier molecular flexibility index (Phi) is 10.6. The number of ether oxygens (including phenoxy) is 1. The van der Waals surface area contributed by atoms with Crippen molar-refractivity contribution in [2.24, 2.45) is 10.7 Å². The van der Waals surface area contributed by atoms with Crippen molar-refractivity contribution in [3.8, 4) is 11.8 Å². The van der Waals surface area contributed by atoms with E-state index in [0.29, 0.717) is 0 Å². The van der Waals surface area contributed by atoms with Gasteiger partial charge in [-0.3, -0.25) is 4.99 Å². The smallest absolute Gasteiger partial charge is 0.1000 e. The van der Waals surface area contributed by atoms with Gasteiger partial charge < -0.3 is 10.5 Å². The molecule has 2 aromatic carbocycles. The van der Waals surface area contributed by atoms with Crippen LogP contribution in [0.25, 0.3) is 0 Å². The first-order valence-electron chi connectivity index (χ1n) is 10.4. The standard InChI is InChI=1S/C25H31NO.C2H5N/c1-7-8-13-21-14-11-15-22(17-21)18-24(27-25(4,5)6)20(3)26-23-16-10-9-12-19(23)2;1-2-3/h9-12,14-17,24H,7,18H2,1-6H3;2H,1,3H2. The van der Waals surface area contributed by atoms with Crippen LogP contribution in [0.4, 0.5) is 5.69 Å². The van der Waals surface area contributed by atoms with Crippen molar-refractivity contribution in [1.82, 2.24) is 0 Å². The highest BCUT2D eigenvalue weighted by atomic mass is 16.5. The maximum Gasteiger partial charge on any atom is 0.1000 e. The molecule has 160 valence electrons. The Hall–Kier alpha value is -2.83. The molecule has 0 spiro atoms. The zero-order valence-corrected chi connectivity index (χ0v) is 19.3. The van der Waals surface area contributed by atoms with E-state index in [1.165, 1.54) is 17.3 Å². The number of para-hydroxylation sites is 1. The van der Waals surface area contributed by atoms with E-state index < -0.39 is 0 Å². The number of aliphatic imine (C=N–C) groups is 1. The van der Waals surface area contributed by atoms with Crippen LogP contribution in [-0.4, -0.2) is 17.4 Å². The Balaban J connectivity index is 0.00000141. The van der Waals surface area contributed by atoms with Crippen LogP contribution in [0, 0.1) is 18.8 Å². The van der Waals surface area contributed by atoms with E-state index >= 15 is 0 Å². The molecule has 0 saturated heterocycles. The lowest BCUT2D eigenvalue weighted by Crippen LogP contribution is -2.33. The number of aryl methyl sites for hydroxylation is 1. The third kappa shape index (κ3) is 9.58. The second-order valence-electron chi connectivity index (χ2n) is 8.05. The molecule has 0 fully saturated rings. The van der Waals surface area contributed by atoms with E-state index in [4.69, 9.17) is 9.73 Å². The average Bonchev–Trinajstić information content (AvgIpc) is 2.67. The van der Waals surface area contributed by atoms with Crippen molar-refractivity contribution >= 4 is 11.4 Å². The fraction of sp³-hybridized carbons (Fsp3) is 0.370. The quantitative estimate of drug-likeness (QED) is 0.465. The van der Waals surface area contributed by atoms with Crippen molar-refractivity contribution in [3.63, 3.8) is 0 Å². The number of nitrogens with zero attached hydrogens (tertiary/aromatic N) is 1. The van der Waals surface area contributed by atoms with Gasteiger partial charge in [0, 0.05) is 24.1 Å². The molecule has 3 heteroatoms. The molecule has 0 aliphatic rings. The van der Waals surface area contributed by atoms with Gasteiger partial charge in [-0.1, -0.05) is 55.7 Å². The third-order valence-corrected chi connectivity index (χ3v) is 4.13. The van der Waals surface area contributed by atoms with E-state index in [2.05, 4.69) is 96.0 Å². The Morgan fingerprint density at radius 3 is 2.47 bits per heavy atom. The monoisotopic (exact) mass is 404 g/mol. The number of hydrogen-bond acceptors (Lipinski definition) is 3. The number of benzene rings is 2. The predicted molar refractivity (Wildman–Crippen MR) is 130 cm³/mol. The van der Waals surface area contributed by atoms with Gasteiger partial charge in [0.05, 0.1) is 17.4 Å². The van der Waals surface area contributed by atoms with Crippen molar-refractivity contribution in [2.45, 2.75) is 66.1 Å². The predicted octanol–water partition coefficient (Wildman–Crippen LogP) is 6.36. The molecule has 1 atom stereocenters. The normalized spacial score (nSPS) is 12.1. The van der Waals surface area contributed by atoms with Gasteiger partial charge in [0.1, 0.15) is 0 Å². The molecule has 3 nitrogen and oxygen atoms in total. The summed E-state index contributed by atoms with van der Waals surface area (Å²) in [7, 11) is 0. The van der Waals surface area contributed by atoms with Crippen LogP contribution >= 0.6 is 0 Å². The fourth-order valence-corrected chi connectivity index (χ4v) is 2.83. The van der Waals surface area contributed by atoms with Gasteiger partial charge in [-0.15, -0.1) is 0 Å². The van der Waals surface area contributed by atoms with Gasteiger partial charge in [-0.2, -0.15) is 0 Å². The second-order valence-corrected chi connectivity index (χ2v) is 8.05. The molecule has 2 rings (SSSR count). The summed E-state index contributed by atoms with van der Waals surface area (Å²) in [5.41, 5.74) is 9.80. The van der Waals surface area contributed by atoms with E-state index in [1.807, 2.05) is 18.2 Å². The Bertz CT molecular complexity index is 895. The molecule has 2 aromatic rings. The van der Waals surface area contributed by atoms with E-state index in [0.717, 1.165) is 29.8 Å². The zero-order chi connectivity index (χ0) is 22.6. The highest BCUT2D eigenvalue weighted by Gasteiger charge is 2.22. The lowest BCUT2D eigenvalue weighted by Gasteiger charge is -2.28. The molecule has 0 heterocycles. The molecule has 30 heavy (non-hydrogen) atoms. The fourth-order valence-electron chi connectivity index (χ4n) is 2.83. The summed E-state index contributed by atoms with van der Waals surface area (Å²) in [5.74, 6) is 6.35. The molecule has 0 aliphatic carbocycles. The molecular weight excluding hydrogens is 368 g/mol. The first-order valence-corrected chi connectivity index (χ1v) is 10.4. The van der Waals surface area contributed by atoms with Crippen LogP contribution in [0.5, 0.6) is 0 Å². The second kappa shape index (κ2) is 12.7. The van der Waals surface area contributed by atoms with Crippen LogP contribution in [0.2, 0.25) is 0 Å². The molecule has 0 radical (unpaired) electrons. The minimum atomic E-state index is -0.243. The summed E-state index contributed by atoms with van der Waals surface area (Å²) in [6.45, 7) is 15.6. The molecule has 0 saturated carbocycles. The zero-order valence-electron chi connectivity index (χ0n) is 19.3. The van der Waals surface area contributed by atoms with Gasteiger partial charge in [-0.05, 0) is 70.1 Å². The molecule has 0 bridgehead atoms. The van der Waals surface area contributed by atoms with Gasteiger partial charge in [0.2, 0.25) is 0 Å². The summed E-state index contributed by atoms with van der Waals surface area (Å²) in [6.07, 6.45) is 2.81. The van der Waals surface area contributed by atoms with Crippen molar-refractivity contribution in [2.75, 3.05) is 0 Å². The van der Waals surface area contributed by atoms with Gasteiger partial charge in [-0.25, -0.2) is 0 Å². The van der Waals surface area contributed by atoms with Crippen LogP contribution in [-0.2, 0) is 11.2 Å². The molecular formula is C27H36N2O. The first-order chi connectivity index (χ1) is 14.2. The summed E-state index contributed by atoms with van der Waals surface area (Å²) >= 11 is 0. The average molecular weight is 405 g/mol. The first kappa shape index (κ1) is 25.2. The maximum absolute atomic E-state index is 6.37. The van der Waals surface area contributed by atoms with Gasteiger partial charge in [0.25, 0.3) is 0 Å². The summed E-state index contributed by atoms with van der Waals surface area (Å²) in [6, 6.07) is 16.6. The van der Waals surface area contributed by atoms with E-state index in [9.17, 15) is 0 Å². The number of rotatable bonds is 5. The third-order valence-electron chi connectivity index (χ3n) is 4.13. The molecule has 2 N–H and O–H groups in total. The lowest BCUT2D eigenvalue weighted by atomic mass is 10.0. The van der Waals surface area contributed by atoms with E-state index in [-0.39, 0.29) is 11.7 Å². The van der Waals surface area contributed by atoms with Gasteiger partial charge >= 0.3 is 0 Å². The van der Waals surface area contributed by atoms with Crippen LogP contribution in [0.15, 0.2) is 66.3 Å². The molecule has 0 aliphatic heterocycles. The summed E-state index contributed by atoms with van der Waals surface area (Å²) in [4.78, 5) is 4.87. The highest BCUT2D eigenvalue weighted by molar-refractivity contribution is 5.89. The van der Waals surface area contributed by atoms with Crippen LogP contribution < -0.4 is 5.73 Å². The molecule has 1 unspecified atom stereocenters. The SMILES string of the molecule is C=CN.CCC#Cc1cccc(CC(OC(C)(C)C)C(C)=Nc2ccccc2C)c1. The van der Waals surface area contributed by atoms with Crippen LogP contribution in [0.1, 0.15) is 57.7 Å². The number of hydrogen-bond donors (Lipinski definition) is 1. The van der Waals surface area contributed by atoms with E-state index in [1.54, 1.807) is 0 Å². The number of nitrogens with two attached hydrogens (primary N) is 1. The molecule has 0 aromatic heterocycles. The Morgan fingerprint density at radius 2 is 1.87 bits per heavy atom. The maximum atomic E-state index is 6.37. The minimum Gasteiger partial charge on any atom is -0.405 e. The Labute approximate surface area is 183 Å². The topological polar surface area (TPSA) is 47.6 Å². The largest absolute Gasteiger partial charge is 0.405 e. The summed E-state index contributed by atoms with van der Waals surface area (Å²) in [5, 5.41) is 0. The summed E-state index contributed by atoms with van der Waals surface area (Å²) < 4.78 is 6.37. The Morgan fingerprint density at radius 1 is 1.20 bits per heavy atom. The van der Waals surface area contributed by atoms with Gasteiger partial charge in [0.15, 0.2) is 0 Å². The minimum absolute atomic E-state index is 0.0843. The lowest BCUT2D eigenvalue weighted by molar-refractivity contribution is -0.0288. The van der Waals surface area contributed by atoms with Crippen LogP contribution in [0.3, 0.4) is 0 Å². The van der Waals surface area contributed by atoms with Crippen molar-refractivity contribution < 1.29 is 4.74 Å². The van der Waals surface area contributed by atoms with Crippen molar-refractivity contribution in [3.05, 3.63) is 78.0 Å². The highest BCUT2D eigenvalue weighted by Crippen LogP contribution is 2.22.